The van der Waals surface area contributed by atoms with Crippen molar-refractivity contribution in [2.75, 3.05) is 0 Å². The Morgan fingerprint density at radius 3 is 2.00 bits per heavy atom. The van der Waals surface area contributed by atoms with Gasteiger partial charge >= 0.3 is 5.97 Å². The van der Waals surface area contributed by atoms with E-state index < -0.39 is 12.0 Å². The van der Waals surface area contributed by atoms with E-state index in [1.807, 2.05) is 6.92 Å². The molecule has 2 atom stereocenters. The van der Waals surface area contributed by atoms with Gasteiger partial charge in [0.15, 0.2) is 0 Å². The van der Waals surface area contributed by atoms with Crippen molar-refractivity contribution in [3.63, 3.8) is 0 Å². The van der Waals surface area contributed by atoms with E-state index in [1.54, 1.807) is 6.92 Å². The Bertz CT molecular complexity index is 160. The molecule has 0 spiro atoms. The predicted octanol–water partition coefficient (Wildman–Crippen LogP) is 1.48. The van der Waals surface area contributed by atoms with Crippen molar-refractivity contribution in [1.29, 1.82) is 0 Å². The van der Waals surface area contributed by atoms with Gasteiger partial charge in [-0.1, -0.05) is 20.8 Å². The molecule has 0 aromatic carbocycles. The second-order valence-electron chi connectivity index (χ2n) is 4.31. The lowest BCUT2D eigenvalue weighted by atomic mass is 9.87. The Hall–Kier alpha value is -0.570. The van der Waals surface area contributed by atoms with E-state index in [4.69, 9.17) is 5.11 Å². The number of rotatable bonds is 3. The first-order chi connectivity index (χ1) is 5.25. The first-order valence-electron chi connectivity index (χ1n) is 4.24. The van der Waals surface area contributed by atoms with E-state index in [-0.39, 0.29) is 11.5 Å². The number of hydrogen-bond donors (Lipinski definition) is 2. The van der Waals surface area contributed by atoms with Crippen LogP contribution in [0.4, 0.5) is 0 Å². The second kappa shape index (κ2) is 3.90. The largest absolute Gasteiger partial charge is 0.480 e. The Morgan fingerprint density at radius 1 is 1.33 bits per heavy atom. The first-order valence-corrected chi connectivity index (χ1v) is 4.24. The standard InChI is InChI=1S/C9H19NO2/c1-6(8(11)12)10-7(2)9(3,4)5/h6-7,10H,1-5H3,(H,11,12). The number of carboxylic acid groups (broad SMARTS) is 1. The van der Waals surface area contributed by atoms with Crippen molar-refractivity contribution in [3.05, 3.63) is 0 Å². The zero-order valence-corrected chi connectivity index (χ0v) is 8.51. The molecule has 12 heavy (non-hydrogen) atoms. The summed E-state index contributed by atoms with van der Waals surface area (Å²) >= 11 is 0. The Morgan fingerprint density at radius 2 is 1.75 bits per heavy atom. The third-order valence-corrected chi connectivity index (χ3v) is 2.17. The molecule has 0 fully saturated rings. The van der Waals surface area contributed by atoms with E-state index in [0.717, 1.165) is 0 Å². The number of carboxylic acids is 1. The highest BCUT2D eigenvalue weighted by Crippen LogP contribution is 2.18. The average molecular weight is 173 g/mol. The summed E-state index contributed by atoms with van der Waals surface area (Å²) in [7, 11) is 0. The zero-order chi connectivity index (χ0) is 9.94. The molecule has 3 nitrogen and oxygen atoms in total. The van der Waals surface area contributed by atoms with Crippen LogP contribution in [0.5, 0.6) is 0 Å². The van der Waals surface area contributed by atoms with Gasteiger partial charge < -0.3 is 10.4 Å². The minimum atomic E-state index is -0.800. The van der Waals surface area contributed by atoms with E-state index in [2.05, 4.69) is 26.1 Å². The fraction of sp³-hybridized carbons (Fsp3) is 0.889. The summed E-state index contributed by atoms with van der Waals surface area (Å²) in [5.41, 5.74) is 0.101. The van der Waals surface area contributed by atoms with Gasteiger partial charge in [0, 0.05) is 6.04 Å². The lowest BCUT2D eigenvalue weighted by molar-refractivity contribution is -0.139. The van der Waals surface area contributed by atoms with Crippen molar-refractivity contribution in [1.82, 2.24) is 5.32 Å². The van der Waals surface area contributed by atoms with Crippen LogP contribution in [0, 0.1) is 5.41 Å². The summed E-state index contributed by atoms with van der Waals surface area (Å²) in [6.45, 7) is 9.90. The molecule has 0 aromatic rings. The summed E-state index contributed by atoms with van der Waals surface area (Å²) in [5.74, 6) is -0.800. The minimum absolute atomic E-state index is 0.101. The van der Waals surface area contributed by atoms with Crippen LogP contribution in [0.2, 0.25) is 0 Å². The van der Waals surface area contributed by atoms with Crippen LogP contribution in [-0.4, -0.2) is 23.2 Å². The number of carbonyl (C=O) groups is 1. The quantitative estimate of drug-likeness (QED) is 0.679. The molecule has 0 aliphatic heterocycles. The van der Waals surface area contributed by atoms with E-state index in [1.165, 1.54) is 0 Å². The summed E-state index contributed by atoms with van der Waals surface area (Å²) in [4.78, 5) is 10.5. The van der Waals surface area contributed by atoms with Gasteiger partial charge in [-0.25, -0.2) is 0 Å². The SMILES string of the molecule is CC(NC(C)C(C)(C)C)C(=O)O. The molecule has 0 amide bonds. The lowest BCUT2D eigenvalue weighted by Crippen LogP contribution is -2.45. The molecule has 2 unspecified atom stereocenters. The molecule has 0 bridgehead atoms. The molecule has 0 aliphatic carbocycles. The van der Waals surface area contributed by atoms with Crippen molar-refractivity contribution >= 4 is 5.97 Å². The van der Waals surface area contributed by atoms with Crippen LogP contribution in [0.15, 0.2) is 0 Å². The van der Waals surface area contributed by atoms with Crippen LogP contribution in [0.25, 0.3) is 0 Å². The first kappa shape index (κ1) is 11.4. The fourth-order valence-corrected chi connectivity index (χ4v) is 0.696. The molecule has 3 heteroatoms. The molecule has 0 saturated heterocycles. The van der Waals surface area contributed by atoms with E-state index in [0.29, 0.717) is 0 Å². The molecule has 0 heterocycles. The molecular weight excluding hydrogens is 154 g/mol. The number of hydrogen-bond acceptors (Lipinski definition) is 2. The van der Waals surface area contributed by atoms with Gasteiger partial charge in [-0.05, 0) is 19.3 Å². The van der Waals surface area contributed by atoms with Gasteiger partial charge in [-0.3, -0.25) is 4.79 Å². The predicted molar refractivity (Wildman–Crippen MR) is 49.2 cm³/mol. The maximum Gasteiger partial charge on any atom is 0.320 e. The lowest BCUT2D eigenvalue weighted by Gasteiger charge is -2.29. The smallest absolute Gasteiger partial charge is 0.320 e. The number of nitrogens with one attached hydrogen (secondary N) is 1. The molecule has 2 N–H and O–H groups in total. The van der Waals surface area contributed by atoms with Crippen LogP contribution < -0.4 is 5.32 Å². The molecule has 0 aromatic heterocycles. The van der Waals surface area contributed by atoms with Gasteiger partial charge in [0.25, 0.3) is 0 Å². The Labute approximate surface area is 74.2 Å². The maximum atomic E-state index is 10.5. The molecule has 0 radical (unpaired) electrons. The van der Waals surface area contributed by atoms with E-state index >= 15 is 0 Å². The molecule has 0 aliphatic rings. The van der Waals surface area contributed by atoms with Crippen LogP contribution >= 0.6 is 0 Å². The molecule has 0 saturated carbocycles. The van der Waals surface area contributed by atoms with Gasteiger partial charge in [-0.15, -0.1) is 0 Å². The fourth-order valence-electron chi connectivity index (χ4n) is 0.696. The molecular formula is C9H19NO2. The summed E-state index contributed by atoms with van der Waals surface area (Å²) in [6, 6.07) is -0.275. The van der Waals surface area contributed by atoms with E-state index in [9.17, 15) is 4.79 Å². The highest BCUT2D eigenvalue weighted by atomic mass is 16.4. The molecule has 0 rings (SSSR count). The second-order valence-corrected chi connectivity index (χ2v) is 4.31. The topological polar surface area (TPSA) is 49.3 Å². The molecule has 72 valence electrons. The van der Waals surface area contributed by atoms with Gasteiger partial charge in [0.1, 0.15) is 6.04 Å². The highest BCUT2D eigenvalue weighted by molar-refractivity contribution is 5.72. The maximum absolute atomic E-state index is 10.5. The zero-order valence-electron chi connectivity index (χ0n) is 8.51. The summed E-state index contributed by atoms with van der Waals surface area (Å²) in [5, 5.41) is 11.7. The van der Waals surface area contributed by atoms with Crippen molar-refractivity contribution < 1.29 is 9.90 Å². The normalized spacial score (nSPS) is 17.1. The van der Waals surface area contributed by atoms with Crippen molar-refractivity contribution in [2.24, 2.45) is 5.41 Å². The summed E-state index contributed by atoms with van der Waals surface area (Å²) < 4.78 is 0. The van der Waals surface area contributed by atoms with Crippen molar-refractivity contribution in [2.45, 2.75) is 46.7 Å². The Kier molecular flexibility index (Phi) is 3.71. The number of aliphatic carboxylic acids is 1. The minimum Gasteiger partial charge on any atom is -0.480 e. The van der Waals surface area contributed by atoms with Gasteiger partial charge in [-0.2, -0.15) is 0 Å². The third kappa shape index (κ3) is 3.72. The monoisotopic (exact) mass is 173 g/mol. The van der Waals surface area contributed by atoms with Crippen LogP contribution in [-0.2, 0) is 4.79 Å². The van der Waals surface area contributed by atoms with Crippen LogP contribution in [0.3, 0.4) is 0 Å². The van der Waals surface area contributed by atoms with Gasteiger partial charge in [0.2, 0.25) is 0 Å². The summed E-state index contributed by atoms with van der Waals surface area (Å²) in [6.07, 6.45) is 0. The van der Waals surface area contributed by atoms with Gasteiger partial charge in [0.05, 0.1) is 0 Å². The average Bonchev–Trinajstić information content (AvgIpc) is 1.85. The third-order valence-electron chi connectivity index (χ3n) is 2.17. The highest BCUT2D eigenvalue weighted by Gasteiger charge is 2.23. The van der Waals surface area contributed by atoms with Crippen LogP contribution in [0.1, 0.15) is 34.6 Å². The van der Waals surface area contributed by atoms with Crippen molar-refractivity contribution in [3.8, 4) is 0 Å². The Balaban J connectivity index is 4.01.